The van der Waals surface area contributed by atoms with Crippen LogP contribution in [0.15, 0.2) is 0 Å². The van der Waals surface area contributed by atoms with Crippen LogP contribution in [0.1, 0.15) is 27.2 Å². The fraction of sp³-hybridized carbons (Fsp3) is 0.923. The van der Waals surface area contributed by atoms with Gasteiger partial charge >= 0.3 is 0 Å². The highest BCUT2D eigenvalue weighted by Gasteiger charge is 2.21. The van der Waals surface area contributed by atoms with Crippen molar-refractivity contribution in [2.24, 2.45) is 0 Å². The Kier molecular flexibility index (Phi) is 6.60. The Morgan fingerprint density at radius 2 is 1.83 bits per heavy atom. The van der Waals surface area contributed by atoms with Gasteiger partial charge in [0, 0.05) is 32.7 Å². The first kappa shape index (κ1) is 15.4. The van der Waals surface area contributed by atoms with Crippen LogP contribution in [0.2, 0.25) is 0 Å². The van der Waals surface area contributed by atoms with Crippen LogP contribution in [0, 0.1) is 0 Å². The number of carbonyl (C=O) groups is 1. The molecule has 5 heteroatoms. The van der Waals surface area contributed by atoms with Gasteiger partial charge in [0.25, 0.3) is 0 Å². The molecule has 0 aromatic rings. The third-order valence-electron chi connectivity index (χ3n) is 3.01. The number of nitrogens with zero attached hydrogens (tertiary/aromatic N) is 2. The molecule has 0 aliphatic carbocycles. The Balaban J connectivity index is 2.19. The highest BCUT2D eigenvalue weighted by molar-refractivity contribution is 5.76. The molecule has 1 aliphatic rings. The maximum atomic E-state index is 11.9. The molecule has 1 fully saturated rings. The lowest BCUT2D eigenvalue weighted by Gasteiger charge is -2.35. The molecule has 1 saturated heterocycles. The molecule has 18 heavy (non-hydrogen) atoms. The van der Waals surface area contributed by atoms with E-state index in [0.717, 1.165) is 26.2 Å². The summed E-state index contributed by atoms with van der Waals surface area (Å²) >= 11 is 0. The number of hydrogen-bond donors (Lipinski definition) is 1. The first-order chi connectivity index (χ1) is 8.49. The minimum atomic E-state index is -0.299. The molecule has 1 heterocycles. The zero-order valence-electron chi connectivity index (χ0n) is 11.8. The number of β-amino-alcohol motifs (C(OH)–C–C–N with tert-alkyl or cyclic N) is 1. The predicted octanol–water partition coefficient (Wildman–Crippen LogP) is 0.327. The molecule has 0 aromatic heterocycles. The molecule has 0 bridgehead atoms. The van der Waals surface area contributed by atoms with E-state index in [1.165, 1.54) is 0 Å². The molecule has 1 aliphatic heterocycles. The summed E-state index contributed by atoms with van der Waals surface area (Å²) in [5.74, 6) is 0.173. The summed E-state index contributed by atoms with van der Waals surface area (Å²) in [6.45, 7) is 10.1. The Bertz CT molecular complexity index is 249. The van der Waals surface area contributed by atoms with Gasteiger partial charge in [-0.05, 0) is 20.8 Å². The van der Waals surface area contributed by atoms with Crippen LogP contribution >= 0.6 is 0 Å². The molecular weight excluding hydrogens is 232 g/mol. The summed E-state index contributed by atoms with van der Waals surface area (Å²) in [5.41, 5.74) is 0. The van der Waals surface area contributed by atoms with E-state index in [0.29, 0.717) is 19.6 Å². The molecule has 0 spiro atoms. The topological polar surface area (TPSA) is 53.0 Å². The van der Waals surface area contributed by atoms with Crippen molar-refractivity contribution in [3.05, 3.63) is 0 Å². The Hall–Kier alpha value is -0.650. The van der Waals surface area contributed by atoms with E-state index in [9.17, 15) is 9.90 Å². The summed E-state index contributed by atoms with van der Waals surface area (Å²) in [5, 5.41) is 9.31. The molecule has 1 amide bonds. The van der Waals surface area contributed by atoms with Gasteiger partial charge in [0.2, 0.25) is 5.91 Å². The Morgan fingerprint density at radius 1 is 1.22 bits per heavy atom. The van der Waals surface area contributed by atoms with E-state index in [1.807, 2.05) is 18.7 Å². The molecule has 0 aromatic carbocycles. The number of rotatable bonds is 6. The van der Waals surface area contributed by atoms with Crippen molar-refractivity contribution in [1.29, 1.82) is 0 Å². The minimum Gasteiger partial charge on any atom is -0.392 e. The molecule has 0 saturated carbocycles. The largest absolute Gasteiger partial charge is 0.392 e. The smallest absolute Gasteiger partial charge is 0.224 e. The second-order valence-electron chi connectivity index (χ2n) is 5.20. The number of piperazine rings is 1. The van der Waals surface area contributed by atoms with Gasteiger partial charge in [0.1, 0.15) is 0 Å². The quantitative estimate of drug-likeness (QED) is 0.746. The summed E-state index contributed by atoms with van der Waals surface area (Å²) in [4.78, 5) is 16.0. The van der Waals surface area contributed by atoms with E-state index in [2.05, 4.69) is 4.90 Å². The summed E-state index contributed by atoms with van der Waals surface area (Å²) in [6, 6.07) is 0. The van der Waals surface area contributed by atoms with Crippen molar-refractivity contribution in [2.45, 2.75) is 39.4 Å². The fourth-order valence-corrected chi connectivity index (χ4v) is 2.09. The summed E-state index contributed by atoms with van der Waals surface area (Å²) < 4.78 is 5.39. The monoisotopic (exact) mass is 258 g/mol. The molecule has 1 rings (SSSR count). The standard InChI is InChI=1S/C13H26N2O3/c1-11(2)18-9-4-13(17)15-7-5-14(6-8-15)10-12(3)16/h11-12,16H,4-10H2,1-3H3/t12-/m0/s1. The average Bonchev–Trinajstić information content (AvgIpc) is 2.28. The lowest BCUT2D eigenvalue weighted by Crippen LogP contribution is -2.50. The molecule has 1 atom stereocenters. The molecular formula is C13H26N2O3. The van der Waals surface area contributed by atoms with E-state index in [-0.39, 0.29) is 18.1 Å². The van der Waals surface area contributed by atoms with Gasteiger partial charge in [-0.3, -0.25) is 9.69 Å². The van der Waals surface area contributed by atoms with Crippen molar-refractivity contribution in [3.8, 4) is 0 Å². The predicted molar refractivity (Wildman–Crippen MR) is 70.4 cm³/mol. The molecule has 1 N–H and O–H groups in total. The van der Waals surface area contributed by atoms with Gasteiger partial charge in [-0.25, -0.2) is 0 Å². The molecule has 0 radical (unpaired) electrons. The number of carbonyl (C=O) groups excluding carboxylic acids is 1. The van der Waals surface area contributed by atoms with E-state index >= 15 is 0 Å². The third-order valence-corrected chi connectivity index (χ3v) is 3.01. The molecule has 5 nitrogen and oxygen atoms in total. The molecule has 106 valence electrons. The van der Waals surface area contributed by atoms with Crippen LogP contribution in [0.5, 0.6) is 0 Å². The van der Waals surface area contributed by atoms with Crippen molar-refractivity contribution in [2.75, 3.05) is 39.3 Å². The first-order valence-corrected chi connectivity index (χ1v) is 6.79. The van der Waals surface area contributed by atoms with Crippen molar-refractivity contribution in [1.82, 2.24) is 9.80 Å². The van der Waals surface area contributed by atoms with Crippen LogP contribution in [0.4, 0.5) is 0 Å². The van der Waals surface area contributed by atoms with Crippen molar-refractivity contribution < 1.29 is 14.6 Å². The number of amides is 1. The lowest BCUT2D eigenvalue weighted by molar-refractivity contribution is -0.134. The van der Waals surface area contributed by atoms with E-state index < -0.39 is 0 Å². The number of ether oxygens (including phenoxy) is 1. The van der Waals surface area contributed by atoms with Crippen LogP contribution in [-0.2, 0) is 9.53 Å². The normalized spacial score (nSPS) is 19.3. The second-order valence-corrected chi connectivity index (χ2v) is 5.20. The van der Waals surface area contributed by atoms with Crippen LogP contribution < -0.4 is 0 Å². The van der Waals surface area contributed by atoms with Crippen LogP contribution in [-0.4, -0.2) is 72.4 Å². The van der Waals surface area contributed by atoms with E-state index in [4.69, 9.17) is 4.74 Å². The van der Waals surface area contributed by atoms with E-state index in [1.54, 1.807) is 6.92 Å². The number of aliphatic hydroxyl groups excluding tert-OH is 1. The summed E-state index contributed by atoms with van der Waals surface area (Å²) in [6.07, 6.45) is 0.349. The van der Waals surface area contributed by atoms with Gasteiger partial charge < -0.3 is 14.7 Å². The van der Waals surface area contributed by atoms with Gasteiger partial charge in [0.05, 0.1) is 25.2 Å². The van der Waals surface area contributed by atoms with Gasteiger partial charge in [0.15, 0.2) is 0 Å². The zero-order chi connectivity index (χ0) is 13.5. The highest BCUT2D eigenvalue weighted by atomic mass is 16.5. The maximum Gasteiger partial charge on any atom is 0.224 e. The molecule has 0 unspecified atom stereocenters. The second kappa shape index (κ2) is 7.71. The van der Waals surface area contributed by atoms with Crippen LogP contribution in [0.3, 0.4) is 0 Å². The highest BCUT2D eigenvalue weighted by Crippen LogP contribution is 2.05. The first-order valence-electron chi connectivity index (χ1n) is 6.79. The van der Waals surface area contributed by atoms with Gasteiger partial charge in [-0.15, -0.1) is 0 Å². The van der Waals surface area contributed by atoms with Crippen molar-refractivity contribution in [3.63, 3.8) is 0 Å². The Morgan fingerprint density at radius 3 is 2.33 bits per heavy atom. The van der Waals surface area contributed by atoms with Crippen LogP contribution in [0.25, 0.3) is 0 Å². The fourth-order valence-electron chi connectivity index (χ4n) is 2.09. The third kappa shape index (κ3) is 5.80. The SMILES string of the molecule is CC(C)OCCC(=O)N1CCN(C[C@H](C)O)CC1. The average molecular weight is 258 g/mol. The van der Waals surface area contributed by atoms with Gasteiger partial charge in [-0.2, -0.15) is 0 Å². The minimum absolute atomic E-state index is 0.173. The lowest BCUT2D eigenvalue weighted by atomic mass is 10.2. The van der Waals surface area contributed by atoms with Gasteiger partial charge in [-0.1, -0.05) is 0 Å². The zero-order valence-corrected chi connectivity index (χ0v) is 11.8. The van der Waals surface area contributed by atoms with Crippen molar-refractivity contribution >= 4 is 5.91 Å². The number of aliphatic hydroxyl groups is 1. The number of hydrogen-bond acceptors (Lipinski definition) is 4. The summed E-state index contributed by atoms with van der Waals surface area (Å²) in [7, 11) is 0. The maximum absolute atomic E-state index is 11.9. The Labute approximate surface area is 110 Å².